The molecule has 1 aliphatic rings. The summed E-state index contributed by atoms with van der Waals surface area (Å²) >= 11 is 6.03. The fraction of sp³-hybridized carbons (Fsp3) is 0.800. The number of aryl methyl sites for hydroxylation is 1. The molecule has 0 bridgehead atoms. The fourth-order valence-electron chi connectivity index (χ4n) is 1.88. The summed E-state index contributed by atoms with van der Waals surface area (Å²) in [6.45, 7) is 6.65. The third-order valence-electron chi connectivity index (χ3n) is 2.97. The Morgan fingerprint density at radius 2 is 2.14 bits per heavy atom. The molecule has 78 valence electrons. The van der Waals surface area contributed by atoms with Crippen molar-refractivity contribution in [2.24, 2.45) is 5.41 Å². The molecule has 0 amide bonds. The first-order valence-electron chi connectivity index (χ1n) is 5.15. The molecule has 0 aromatic carbocycles. The van der Waals surface area contributed by atoms with Gasteiger partial charge in [0.1, 0.15) is 5.82 Å². The molecule has 1 saturated carbocycles. The highest BCUT2D eigenvalue weighted by molar-refractivity contribution is 6.28. The van der Waals surface area contributed by atoms with Gasteiger partial charge in [-0.1, -0.05) is 20.8 Å². The van der Waals surface area contributed by atoms with Crippen LogP contribution in [0.4, 0.5) is 0 Å². The number of rotatable bonds is 3. The predicted molar refractivity (Wildman–Crippen MR) is 56.5 cm³/mol. The van der Waals surface area contributed by atoms with Crippen LogP contribution in [-0.2, 0) is 6.42 Å². The summed E-state index contributed by atoms with van der Waals surface area (Å²) in [4.78, 5) is 0. The molecule has 4 heteroatoms. The van der Waals surface area contributed by atoms with E-state index < -0.39 is 0 Å². The number of hydrogen-bond donors (Lipinski definition) is 0. The Balaban J connectivity index is 2.27. The van der Waals surface area contributed by atoms with Crippen LogP contribution in [0.15, 0.2) is 0 Å². The van der Waals surface area contributed by atoms with Crippen molar-refractivity contribution in [3.63, 3.8) is 0 Å². The first-order chi connectivity index (χ1) is 6.56. The van der Waals surface area contributed by atoms with Crippen molar-refractivity contribution in [1.82, 2.24) is 14.8 Å². The van der Waals surface area contributed by atoms with Gasteiger partial charge in [-0.3, -0.25) is 4.57 Å². The molecular formula is C10H16ClN3. The first-order valence-corrected chi connectivity index (χ1v) is 5.53. The van der Waals surface area contributed by atoms with Crippen molar-refractivity contribution in [3.8, 4) is 0 Å². The molecule has 1 heterocycles. The van der Waals surface area contributed by atoms with Gasteiger partial charge in [-0.25, -0.2) is 0 Å². The minimum absolute atomic E-state index is 0.370. The van der Waals surface area contributed by atoms with E-state index in [4.69, 9.17) is 11.6 Å². The Labute approximate surface area is 89.5 Å². The van der Waals surface area contributed by atoms with Crippen LogP contribution in [-0.4, -0.2) is 14.8 Å². The summed E-state index contributed by atoms with van der Waals surface area (Å²) in [5.74, 6) is 1.04. The van der Waals surface area contributed by atoms with Gasteiger partial charge < -0.3 is 0 Å². The van der Waals surface area contributed by atoms with E-state index in [1.807, 2.05) is 0 Å². The average molecular weight is 214 g/mol. The maximum absolute atomic E-state index is 6.03. The second-order valence-corrected chi connectivity index (χ2v) is 5.05. The zero-order valence-electron chi connectivity index (χ0n) is 8.92. The Morgan fingerprint density at radius 3 is 2.64 bits per heavy atom. The molecule has 14 heavy (non-hydrogen) atoms. The summed E-state index contributed by atoms with van der Waals surface area (Å²) < 4.78 is 2.10. The van der Waals surface area contributed by atoms with Gasteiger partial charge in [-0.15, -0.1) is 10.2 Å². The van der Waals surface area contributed by atoms with E-state index in [2.05, 4.69) is 35.5 Å². The summed E-state index contributed by atoms with van der Waals surface area (Å²) in [5, 5.41) is 8.60. The summed E-state index contributed by atoms with van der Waals surface area (Å²) in [5.41, 5.74) is 0.370. The molecule has 0 radical (unpaired) electrons. The lowest BCUT2D eigenvalue weighted by molar-refractivity contribution is 0.525. The Kier molecular flexibility index (Phi) is 2.30. The quantitative estimate of drug-likeness (QED) is 0.773. The molecule has 1 aromatic rings. The lowest BCUT2D eigenvalue weighted by Crippen LogP contribution is -2.05. The first kappa shape index (κ1) is 9.97. The maximum atomic E-state index is 6.03. The van der Waals surface area contributed by atoms with Crippen LogP contribution in [0.3, 0.4) is 0 Å². The second-order valence-electron chi connectivity index (χ2n) is 4.71. The largest absolute Gasteiger partial charge is 0.298 e. The van der Waals surface area contributed by atoms with Crippen molar-refractivity contribution in [2.75, 3.05) is 0 Å². The number of hydrogen-bond acceptors (Lipinski definition) is 2. The molecule has 0 saturated heterocycles. The lowest BCUT2D eigenvalue weighted by atomic mass is 10.2. The second kappa shape index (κ2) is 3.23. The lowest BCUT2D eigenvalue weighted by Gasteiger charge is -2.08. The Morgan fingerprint density at radius 1 is 1.50 bits per heavy atom. The minimum Gasteiger partial charge on any atom is -0.298 e. The van der Waals surface area contributed by atoms with Crippen LogP contribution in [0.2, 0.25) is 5.28 Å². The summed E-state index contributed by atoms with van der Waals surface area (Å²) in [7, 11) is 0. The third kappa shape index (κ3) is 1.54. The zero-order valence-corrected chi connectivity index (χ0v) is 9.67. The van der Waals surface area contributed by atoms with E-state index in [1.54, 1.807) is 0 Å². The van der Waals surface area contributed by atoms with Gasteiger partial charge in [0.25, 0.3) is 0 Å². The van der Waals surface area contributed by atoms with E-state index in [9.17, 15) is 0 Å². The Hall–Kier alpha value is -0.570. The van der Waals surface area contributed by atoms with E-state index in [0.717, 1.165) is 18.7 Å². The molecular weight excluding hydrogens is 198 g/mol. The molecule has 0 aliphatic heterocycles. The molecule has 1 aromatic heterocycles. The maximum Gasteiger partial charge on any atom is 0.225 e. The fourth-order valence-corrected chi connectivity index (χ4v) is 2.14. The smallest absolute Gasteiger partial charge is 0.225 e. The van der Waals surface area contributed by atoms with Crippen molar-refractivity contribution < 1.29 is 0 Å². The standard InChI is InChI=1S/C10H16ClN3/c1-4-5-8-12-13-9(11)14(8)7-6-10(7,2)3/h7H,4-6H2,1-3H3. The van der Waals surface area contributed by atoms with Gasteiger partial charge in [0, 0.05) is 12.5 Å². The highest BCUT2D eigenvalue weighted by atomic mass is 35.5. The van der Waals surface area contributed by atoms with E-state index in [-0.39, 0.29) is 0 Å². The van der Waals surface area contributed by atoms with Crippen LogP contribution < -0.4 is 0 Å². The normalized spacial score (nSPS) is 23.9. The predicted octanol–water partition coefficient (Wildman–Crippen LogP) is 2.86. The molecule has 2 rings (SSSR count). The third-order valence-corrected chi connectivity index (χ3v) is 3.23. The van der Waals surface area contributed by atoms with Gasteiger partial charge in [-0.05, 0) is 29.9 Å². The van der Waals surface area contributed by atoms with E-state index in [0.29, 0.717) is 16.7 Å². The highest BCUT2D eigenvalue weighted by Gasteiger charge is 2.48. The van der Waals surface area contributed by atoms with Crippen LogP contribution in [0.25, 0.3) is 0 Å². The molecule has 1 atom stereocenters. The monoisotopic (exact) mass is 213 g/mol. The van der Waals surface area contributed by atoms with Gasteiger partial charge in [-0.2, -0.15) is 0 Å². The SMILES string of the molecule is CCCc1nnc(Cl)n1C1CC1(C)C. The van der Waals surface area contributed by atoms with Gasteiger partial charge in [0.2, 0.25) is 5.28 Å². The van der Waals surface area contributed by atoms with Crippen LogP contribution in [0.5, 0.6) is 0 Å². The highest BCUT2D eigenvalue weighted by Crippen LogP contribution is 2.56. The van der Waals surface area contributed by atoms with Gasteiger partial charge in [0.15, 0.2) is 0 Å². The van der Waals surface area contributed by atoms with Crippen LogP contribution in [0.1, 0.15) is 45.5 Å². The number of halogens is 1. The zero-order chi connectivity index (χ0) is 10.3. The number of nitrogens with zero attached hydrogens (tertiary/aromatic N) is 3. The van der Waals surface area contributed by atoms with E-state index in [1.165, 1.54) is 6.42 Å². The van der Waals surface area contributed by atoms with Crippen molar-refractivity contribution in [3.05, 3.63) is 11.1 Å². The van der Waals surface area contributed by atoms with Gasteiger partial charge in [0.05, 0.1) is 0 Å². The van der Waals surface area contributed by atoms with Gasteiger partial charge >= 0.3 is 0 Å². The van der Waals surface area contributed by atoms with Crippen molar-refractivity contribution in [2.45, 2.75) is 46.1 Å². The van der Waals surface area contributed by atoms with Crippen LogP contribution in [0, 0.1) is 5.41 Å². The molecule has 0 spiro atoms. The van der Waals surface area contributed by atoms with Crippen molar-refractivity contribution in [1.29, 1.82) is 0 Å². The molecule has 1 fully saturated rings. The van der Waals surface area contributed by atoms with E-state index >= 15 is 0 Å². The van der Waals surface area contributed by atoms with Crippen LogP contribution >= 0.6 is 11.6 Å². The summed E-state index contributed by atoms with van der Waals surface area (Å²) in [6, 6.07) is 0.506. The minimum atomic E-state index is 0.370. The topological polar surface area (TPSA) is 30.7 Å². The molecule has 3 nitrogen and oxygen atoms in total. The summed E-state index contributed by atoms with van der Waals surface area (Å²) in [6.07, 6.45) is 3.23. The van der Waals surface area contributed by atoms with Crippen molar-refractivity contribution >= 4 is 11.6 Å². The molecule has 1 unspecified atom stereocenters. The number of aromatic nitrogens is 3. The Bertz CT molecular complexity index is 343. The molecule has 0 N–H and O–H groups in total. The average Bonchev–Trinajstić information content (AvgIpc) is 2.54. The molecule has 1 aliphatic carbocycles.